The summed E-state index contributed by atoms with van der Waals surface area (Å²) in [6.07, 6.45) is 6.08. The third kappa shape index (κ3) is 4.12. The van der Waals surface area contributed by atoms with Crippen LogP contribution in [0.15, 0.2) is 59.8 Å². The fourth-order valence-electron chi connectivity index (χ4n) is 3.75. The van der Waals surface area contributed by atoms with E-state index in [2.05, 4.69) is 19.9 Å². The van der Waals surface area contributed by atoms with E-state index in [0.29, 0.717) is 12.4 Å². The monoisotopic (exact) mass is 431 g/mol. The molecule has 0 saturated heterocycles. The molecule has 0 spiro atoms. The molecule has 4 aromatic rings. The van der Waals surface area contributed by atoms with Gasteiger partial charge >= 0.3 is 0 Å². The Bertz CT molecular complexity index is 1270. The number of benzene rings is 1. The number of hydrogen-bond donors (Lipinski definition) is 1. The normalized spacial score (nSPS) is 13.7. The molecule has 0 radical (unpaired) electrons. The lowest BCUT2D eigenvalue weighted by atomic mass is 10.1. The highest BCUT2D eigenvalue weighted by Gasteiger charge is 2.22. The molecule has 0 fully saturated rings. The van der Waals surface area contributed by atoms with Crippen LogP contribution >= 0.6 is 11.3 Å². The average Bonchev–Trinajstić information content (AvgIpc) is 3.28. The minimum absolute atomic E-state index is 0.0741. The first-order chi connectivity index (χ1) is 15.2. The Kier molecular flexibility index (Phi) is 5.31. The van der Waals surface area contributed by atoms with Crippen LogP contribution < -0.4 is 10.3 Å². The smallest absolute Gasteiger partial charge is 0.255 e. The Morgan fingerprint density at radius 2 is 2.10 bits per heavy atom. The summed E-state index contributed by atoms with van der Waals surface area (Å²) in [4.78, 5) is 32.5. The molecular weight excluding hydrogens is 410 g/mol. The minimum atomic E-state index is -0.0741. The number of ether oxygens (including phenoxy) is 1. The molecule has 3 aromatic heterocycles. The fraction of sp³-hybridized carbons (Fsp3) is 0.217. The SMILES string of the molecule is COc1cccc(-c2ncc(CN3CCc4nc(-c5cccnc5)[nH]c(=O)c4C3)s2)c1. The lowest BCUT2D eigenvalue weighted by Gasteiger charge is -2.27. The van der Waals surface area contributed by atoms with Gasteiger partial charge in [-0.3, -0.25) is 14.7 Å². The van der Waals surface area contributed by atoms with Crippen LogP contribution in [0.1, 0.15) is 16.1 Å². The van der Waals surface area contributed by atoms with Gasteiger partial charge in [0.1, 0.15) is 16.6 Å². The quantitative estimate of drug-likeness (QED) is 0.521. The first-order valence-corrected chi connectivity index (χ1v) is 10.9. The Labute approximate surface area is 183 Å². The number of pyridine rings is 1. The maximum absolute atomic E-state index is 12.7. The van der Waals surface area contributed by atoms with Gasteiger partial charge in [0.2, 0.25) is 0 Å². The highest BCUT2D eigenvalue weighted by Crippen LogP contribution is 2.29. The number of methoxy groups -OCH3 is 1. The second kappa shape index (κ2) is 8.41. The third-order valence-electron chi connectivity index (χ3n) is 5.33. The molecule has 1 aromatic carbocycles. The van der Waals surface area contributed by atoms with Crippen LogP contribution in [-0.4, -0.2) is 38.5 Å². The second-order valence-electron chi connectivity index (χ2n) is 7.41. The van der Waals surface area contributed by atoms with Gasteiger partial charge in [0.05, 0.1) is 18.4 Å². The number of H-pyrrole nitrogens is 1. The van der Waals surface area contributed by atoms with Crippen molar-refractivity contribution in [3.8, 4) is 27.7 Å². The van der Waals surface area contributed by atoms with Crippen LogP contribution in [0.4, 0.5) is 0 Å². The van der Waals surface area contributed by atoms with Crippen molar-refractivity contribution in [3.05, 3.63) is 81.5 Å². The summed E-state index contributed by atoms with van der Waals surface area (Å²) in [5.74, 6) is 1.40. The molecule has 0 bridgehead atoms. The number of hydrogen-bond acceptors (Lipinski definition) is 7. The van der Waals surface area contributed by atoms with Crippen molar-refractivity contribution in [2.75, 3.05) is 13.7 Å². The topological polar surface area (TPSA) is 84.0 Å². The number of thiazole rings is 1. The molecule has 31 heavy (non-hydrogen) atoms. The molecule has 0 atom stereocenters. The van der Waals surface area contributed by atoms with E-state index < -0.39 is 0 Å². The largest absolute Gasteiger partial charge is 0.497 e. The van der Waals surface area contributed by atoms with Gasteiger partial charge in [-0.15, -0.1) is 11.3 Å². The molecule has 4 heterocycles. The molecule has 5 rings (SSSR count). The zero-order valence-corrected chi connectivity index (χ0v) is 17.9. The molecule has 0 aliphatic carbocycles. The highest BCUT2D eigenvalue weighted by atomic mass is 32.1. The summed E-state index contributed by atoms with van der Waals surface area (Å²) < 4.78 is 5.31. The standard InChI is InChI=1S/C23H21N5O2S/c1-30-17-6-2-4-15(10-17)23-25-12-18(31-23)13-28-9-7-20-19(14-28)22(29)27-21(26-20)16-5-3-8-24-11-16/h2-6,8,10-12H,7,9,13-14H2,1H3,(H,26,27,29). The first-order valence-electron chi connectivity index (χ1n) is 10.0. The Morgan fingerprint density at radius 1 is 1.19 bits per heavy atom. The Hall–Kier alpha value is -3.36. The summed E-state index contributed by atoms with van der Waals surface area (Å²) >= 11 is 1.67. The molecule has 0 saturated carbocycles. The van der Waals surface area contributed by atoms with Crippen LogP contribution in [0.2, 0.25) is 0 Å². The lowest BCUT2D eigenvalue weighted by molar-refractivity contribution is 0.244. The third-order valence-corrected chi connectivity index (χ3v) is 6.36. The van der Waals surface area contributed by atoms with E-state index in [9.17, 15) is 4.79 Å². The number of fused-ring (bicyclic) bond motifs is 1. The van der Waals surface area contributed by atoms with Gasteiger partial charge in [0, 0.05) is 60.6 Å². The maximum atomic E-state index is 12.7. The van der Waals surface area contributed by atoms with Crippen LogP contribution in [0, 0.1) is 0 Å². The molecule has 1 aliphatic rings. The predicted octanol–water partition coefficient (Wildman–Crippen LogP) is 3.52. The van der Waals surface area contributed by atoms with Gasteiger partial charge in [0.25, 0.3) is 5.56 Å². The van der Waals surface area contributed by atoms with E-state index in [1.165, 1.54) is 0 Å². The van der Waals surface area contributed by atoms with E-state index in [1.54, 1.807) is 30.8 Å². The van der Waals surface area contributed by atoms with Gasteiger partial charge in [-0.05, 0) is 24.3 Å². The summed E-state index contributed by atoms with van der Waals surface area (Å²) in [6.45, 7) is 2.19. The van der Waals surface area contributed by atoms with Crippen molar-refractivity contribution in [1.29, 1.82) is 0 Å². The average molecular weight is 432 g/mol. The van der Waals surface area contributed by atoms with E-state index in [1.807, 2.05) is 42.6 Å². The maximum Gasteiger partial charge on any atom is 0.255 e. The number of aromatic nitrogens is 4. The molecule has 7 nitrogen and oxygen atoms in total. The molecule has 8 heteroatoms. The number of nitrogens with one attached hydrogen (secondary N) is 1. The molecular formula is C23H21N5O2S. The molecule has 0 unspecified atom stereocenters. The van der Waals surface area contributed by atoms with E-state index >= 15 is 0 Å². The number of rotatable bonds is 5. The number of nitrogens with zero attached hydrogens (tertiary/aromatic N) is 4. The molecule has 0 amide bonds. The summed E-state index contributed by atoms with van der Waals surface area (Å²) in [6, 6.07) is 11.7. The van der Waals surface area contributed by atoms with Gasteiger partial charge < -0.3 is 9.72 Å². The first kappa shape index (κ1) is 19.6. The van der Waals surface area contributed by atoms with Crippen LogP contribution in [0.3, 0.4) is 0 Å². The fourth-order valence-corrected chi connectivity index (χ4v) is 4.70. The zero-order chi connectivity index (χ0) is 21.2. The number of aromatic amines is 1. The minimum Gasteiger partial charge on any atom is -0.497 e. The second-order valence-corrected chi connectivity index (χ2v) is 8.52. The molecule has 156 valence electrons. The summed E-state index contributed by atoms with van der Waals surface area (Å²) in [7, 11) is 1.66. The zero-order valence-electron chi connectivity index (χ0n) is 17.0. The van der Waals surface area contributed by atoms with Gasteiger partial charge in [0.15, 0.2) is 0 Å². The van der Waals surface area contributed by atoms with E-state index in [0.717, 1.165) is 57.5 Å². The van der Waals surface area contributed by atoms with Gasteiger partial charge in [-0.1, -0.05) is 12.1 Å². The van der Waals surface area contributed by atoms with Gasteiger partial charge in [-0.2, -0.15) is 0 Å². The summed E-state index contributed by atoms with van der Waals surface area (Å²) in [5, 5.41) is 0.965. The van der Waals surface area contributed by atoms with Crippen molar-refractivity contribution >= 4 is 11.3 Å². The predicted molar refractivity (Wildman–Crippen MR) is 120 cm³/mol. The molecule has 1 aliphatic heterocycles. The van der Waals surface area contributed by atoms with Crippen molar-refractivity contribution < 1.29 is 4.74 Å². The Balaban J connectivity index is 1.33. The van der Waals surface area contributed by atoms with Crippen molar-refractivity contribution in [2.24, 2.45) is 0 Å². The van der Waals surface area contributed by atoms with E-state index in [4.69, 9.17) is 9.72 Å². The van der Waals surface area contributed by atoms with Crippen molar-refractivity contribution in [2.45, 2.75) is 19.5 Å². The van der Waals surface area contributed by atoms with E-state index in [-0.39, 0.29) is 5.56 Å². The van der Waals surface area contributed by atoms with Gasteiger partial charge in [-0.25, -0.2) is 9.97 Å². The molecule has 1 N–H and O–H groups in total. The van der Waals surface area contributed by atoms with Crippen molar-refractivity contribution in [3.63, 3.8) is 0 Å². The van der Waals surface area contributed by atoms with Crippen LogP contribution in [-0.2, 0) is 19.5 Å². The van der Waals surface area contributed by atoms with Crippen LogP contribution in [0.5, 0.6) is 5.75 Å². The van der Waals surface area contributed by atoms with Crippen LogP contribution in [0.25, 0.3) is 22.0 Å². The lowest BCUT2D eigenvalue weighted by Crippen LogP contribution is -2.35. The van der Waals surface area contributed by atoms with Crippen molar-refractivity contribution in [1.82, 2.24) is 24.8 Å². The summed E-state index contributed by atoms with van der Waals surface area (Å²) in [5.41, 5.74) is 3.41. The Morgan fingerprint density at radius 3 is 2.94 bits per heavy atom. The highest BCUT2D eigenvalue weighted by molar-refractivity contribution is 7.15.